The Morgan fingerprint density at radius 1 is 1.31 bits per heavy atom. The van der Waals surface area contributed by atoms with Gasteiger partial charge in [-0.3, -0.25) is 4.79 Å². The molecule has 2 aliphatic rings. The molecule has 0 aromatic heterocycles. The van der Waals surface area contributed by atoms with E-state index in [0.717, 1.165) is 29.8 Å². The third-order valence-corrected chi connectivity index (χ3v) is 7.81. The number of anilines is 1. The van der Waals surface area contributed by atoms with Gasteiger partial charge in [0, 0.05) is 22.8 Å². The molecule has 2 aromatic carbocycles. The summed E-state index contributed by atoms with van der Waals surface area (Å²) in [6, 6.07) is 10.2. The van der Waals surface area contributed by atoms with Crippen molar-refractivity contribution in [2.45, 2.75) is 59.4 Å². The first kappa shape index (κ1) is 22.9. The molecule has 1 atom stereocenters. The topological polar surface area (TPSA) is 44.7 Å². The molecular formula is C26H30ClN3OS. The molecule has 1 amide bonds. The third kappa shape index (κ3) is 4.20. The van der Waals surface area contributed by atoms with Crippen molar-refractivity contribution in [2.75, 3.05) is 11.4 Å². The molecule has 2 aliphatic heterocycles. The van der Waals surface area contributed by atoms with Crippen LogP contribution in [-0.4, -0.2) is 23.2 Å². The zero-order valence-corrected chi connectivity index (χ0v) is 21.1. The summed E-state index contributed by atoms with van der Waals surface area (Å²) in [5.74, 6) is 0.350. The molecule has 0 aliphatic carbocycles. The largest absolute Gasteiger partial charge is 0.366 e. The number of nitrogens with one attached hydrogen (secondary N) is 1. The van der Waals surface area contributed by atoms with E-state index < -0.39 is 0 Å². The molecule has 0 radical (unpaired) electrons. The van der Waals surface area contributed by atoms with Gasteiger partial charge in [0.1, 0.15) is 0 Å². The number of rotatable bonds is 3. The van der Waals surface area contributed by atoms with Gasteiger partial charge in [0.25, 0.3) is 5.91 Å². The average Bonchev–Trinajstić information content (AvgIpc) is 3.05. The lowest BCUT2D eigenvalue weighted by molar-refractivity contribution is -0.115. The van der Waals surface area contributed by atoms with Crippen molar-refractivity contribution in [1.82, 2.24) is 5.32 Å². The van der Waals surface area contributed by atoms with Gasteiger partial charge in [0.05, 0.1) is 10.6 Å². The number of nitrogens with zero attached hydrogens (tertiary/aromatic N) is 2. The summed E-state index contributed by atoms with van der Waals surface area (Å²) in [4.78, 5) is 20.4. The Hall–Kier alpha value is -2.24. The zero-order valence-electron chi connectivity index (χ0n) is 19.5. The number of amidine groups is 1. The Kier molecular flexibility index (Phi) is 6.17. The van der Waals surface area contributed by atoms with E-state index in [9.17, 15) is 4.79 Å². The van der Waals surface area contributed by atoms with Crippen molar-refractivity contribution in [3.8, 4) is 0 Å². The predicted octanol–water partition coefficient (Wildman–Crippen LogP) is 6.96. The van der Waals surface area contributed by atoms with E-state index >= 15 is 0 Å². The second-order valence-electron chi connectivity index (χ2n) is 9.30. The van der Waals surface area contributed by atoms with Gasteiger partial charge in [-0.2, -0.15) is 0 Å². The fourth-order valence-electron chi connectivity index (χ4n) is 4.85. The van der Waals surface area contributed by atoms with Gasteiger partial charge in [0.2, 0.25) is 0 Å². The zero-order chi connectivity index (χ0) is 23.2. The molecular weight excluding hydrogens is 438 g/mol. The van der Waals surface area contributed by atoms with Gasteiger partial charge < -0.3 is 10.2 Å². The number of halogens is 1. The number of hydrogen-bond acceptors (Lipinski definition) is 4. The summed E-state index contributed by atoms with van der Waals surface area (Å²) >= 11 is 7.58. The first-order valence-corrected chi connectivity index (χ1v) is 12.3. The van der Waals surface area contributed by atoms with Crippen molar-refractivity contribution >= 4 is 51.9 Å². The quantitative estimate of drug-likeness (QED) is 0.496. The first-order valence-electron chi connectivity index (χ1n) is 11.1. The highest BCUT2D eigenvalue weighted by Crippen LogP contribution is 2.44. The minimum absolute atomic E-state index is 0.116. The number of aryl methyl sites for hydroxylation is 1. The van der Waals surface area contributed by atoms with Gasteiger partial charge in [-0.1, -0.05) is 24.6 Å². The van der Waals surface area contributed by atoms with Crippen LogP contribution in [0.1, 0.15) is 62.3 Å². The van der Waals surface area contributed by atoms with E-state index in [2.05, 4.69) is 62.0 Å². The summed E-state index contributed by atoms with van der Waals surface area (Å²) in [7, 11) is 0. The average molecular weight is 468 g/mol. The molecule has 4 rings (SSSR count). The molecule has 1 saturated heterocycles. The predicted molar refractivity (Wildman–Crippen MR) is 138 cm³/mol. The van der Waals surface area contributed by atoms with Crippen LogP contribution in [-0.2, 0) is 4.79 Å². The van der Waals surface area contributed by atoms with Crippen LogP contribution in [0.2, 0.25) is 5.02 Å². The van der Waals surface area contributed by atoms with Crippen LogP contribution in [0, 0.1) is 13.8 Å². The van der Waals surface area contributed by atoms with Crippen molar-refractivity contribution in [3.05, 3.63) is 62.5 Å². The van der Waals surface area contributed by atoms with Crippen molar-refractivity contribution < 1.29 is 4.79 Å². The Bertz CT molecular complexity index is 1150. The highest BCUT2D eigenvalue weighted by atomic mass is 35.5. The molecule has 0 unspecified atom stereocenters. The van der Waals surface area contributed by atoms with Crippen LogP contribution < -0.4 is 10.2 Å². The molecule has 32 heavy (non-hydrogen) atoms. The van der Waals surface area contributed by atoms with Crippen LogP contribution in [0.3, 0.4) is 0 Å². The Labute approximate surface area is 200 Å². The summed E-state index contributed by atoms with van der Waals surface area (Å²) in [5.41, 5.74) is 6.74. The minimum Gasteiger partial charge on any atom is -0.366 e. The summed E-state index contributed by atoms with van der Waals surface area (Å²) in [6.45, 7) is 14.2. The first-order chi connectivity index (χ1) is 15.1. The molecule has 1 fully saturated rings. The minimum atomic E-state index is -0.116. The monoisotopic (exact) mass is 467 g/mol. The third-order valence-electron chi connectivity index (χ3n) is 6.49. The number of hydrogen-bond donors (Lipinski definition) is 1. The number of amides is 1. The van der Waals surface area contributed by atoms with Gasteiger partial charge >= 0.3 is 0 Å². The van der Waals surface area contributed by atoms with Crippen LogP contribution in [0.5, 0.6) is 0 Å². The SMILES string of the molecule is CCN1c2cc(C)c(/C=C3\SC(=Nc4cccc(Cl)c4C)NC3=O)cc2[C@H](C)CC1(C)C. The molecule has 2 heterocycles. The fourth-order valence-corrected chi connectivity index (χ4v) is 5.85. The lowest BCUT2D eigenvalue weighted by Gasteiger charge is -2.47. The molecule has 2 aromatic rings. The van der Waals surface area contributed by atoms with E-state index in [0.29, 0.717) is 21.0 Å². The smallest absolute Gasteiger partial charge is 0.264 e. The number of carbonyl (C=O) groups excluding carboxylic acids is 1. The maximum atomic E-state index is 12.7. The highest BCUT2D eigenvalue weighted by Gasteiger charge is 2.36. The van der Waals surface area contributed by atoms with Crippen molar-refractivity contribution in [2.24, 2.45) is 4.99 Å². The number of carbonyl (C=O) groups is 1. The number of fused-ring (bicyclic) bond motifs is 1. The van der Waals surface area contributed by atoms with Crippen LogP contribution >= 0.6 is 23.4 Å². The highest BCUT2D eigenvalue weighted by molar-refractivity contribution is 8.18. The molecule has 0 saturated carbocycles. The molecule has 6 heteroatoms. The van der Waals surface area contributed by atoms with Gasteiger partial charge in [-0.25, -0.2) is 4.99 Å². The van der Waals surface area contributed by atoms with Gasteiger partial charge in [-0.15, -0.1) is 0 Å². The second-order valence-corrected chi connectivity index (χ2v) is 10.7. The second kappa shape index (κ2) is 8.60. The summed E-state index contributed by atoms with van der Waals surface area (Å²) in [6.07, 6.45) is 3.10. The van der Waals surface area contributed by atoms with E-state index in [4.69, 9.17) is 11.6 Å². The molecule has 0 bridgehead atoms. The van der Waals surface area contributed by atoms with Gasteiger partial charge in [-0.05, 0) is 111 Å². The Morgan fingerprint density at radius 3 is 2.78 bits per heavy atom. The van der Waals surface area contributed by atoms with E-state index in [-0.39, 0.29) is 11.4 Å². The number of thioether (sulfide) groups is 1. The van der Waals surface area contributed by atoms with Crippen LogP contribution in [0.15, 0.2) is 40.2 Å². The number of aliphatic imine (C=N–C) groups is 1. The maximum Gasteiger partial charge on any atom is 0.264 e. The van der Waals surface area contributed by atoms with Crippen LogP contribution in [0.4, 0.5) is 11.4 Å². The van der Waals surface area contributed by atoms with E-state index in [1.54, 1.807) is 0 Å². The standard InChI is InChI=1S/C26H30ClN3OS/c1-7-30-22-11-15(2)18(12-19(22)16(3)14-26(30,5)6)13-23-24(31)29-25(32-23)28-21-10-8-9-20(27)17(21)4/h8-13,16H,7,14H2,1-6H3,(H,28,29,31)/b23-13-/t16-/m1/s1. The Balaban J connectivity index is 1.68. The van der Waals surface area contributed by atoms with Crippen molar-refractivity contribution in [3.63, 3.8) is 0 Å². The lowest BCUT2D eigenvalue weighted by atomic mass is 9.79. The van der Waals surface area contributed by atoms with E-state index in [1.165, 1.54) is 28.6 Å². The number of benzene rings is 2. The van der Waals surface area contributed by atoms with Crippen LogP contribution in [0.25, 0.3) is 6.08 Å². The maximum absolute atomic E-state index is 12.7. The van der Waals surface area contributed by atoms with E-state index in [1.807, 2.05) is 31.2 Å². The molecule has 1 N–H and O–H groups in total. The van der Waals surface area contributed by atoms with Gasteiger partial charge in [0.15, 0.2) is 5.17 Å². The molecule has 168 valence electrons. The fraction of sp³-hybridized carbons (Fsp3) is 0.385. The molecule has 0 spiro atoms. The summed E-state index contributed by atoms with van der Waals surface area (Å²) < 4.78 is 0. The summed E-state index contributed by atoms with van der Waals surface area (Å²) in [5, 5.41) is 4.14. The Morgan fingerprint density at radius 2 is 2.06 bits per heavy atom. The van der Waals surface area contributed by atoms with Crippen molar-refractivity contribution in [1.29, 1.82) is 0 Å². The normalized spacial score (nSPS) is 22.4. The molecule has 4 nitrogen and oxygen atoms in total. The lowest BCUT2D eigenvalue weighted by Crippen LogP contribution is -2.48.